The number of carboxylic acids is 2. The highest BCUT2D eigenvalue weighted by molar-refractivity contribution is 5.92. The van der Waals surface area contributed by atoms with E-state index in [0.717, 1.165) is 39.2 Å². The molecule has 0 fully saturated rings. The third kappa shape index (κ3) is 10.7. The molecule has 0 aliphatic heterocycles. The van der Waals surface area contributed by atoms with Gasteiger partial charge in [0.05, 0.1) is 11.7 Å². The molecule has 0 unspecified atom stereocenters. The molecule has 43 heavy (non-hydrogen) atoms. The average molecular weight is 586 g/mol. The van der Waals surface area contributed by atoms with Crippen molar-refractivity contribution in [3.05, 3.63) is 96.1 Å². The first-order chi connectivity index (χ1) is 20.6. The maximum absolute atomic E-state index is 11.5. The number of hydrogen-bond acceptors (Lipinski definition) is 9. The summed E-state index contributed by atoms with van der Waals surface area (Å²) in [4.78, 5) is 43.7. The molecule has 1 amide bonds. The number of anilines is 2. The number of benzene rings is 2. The lowest BCUT2D eigenvalue weighted by Gasteiger charge is -2.12. The van der Waals surface area contributed by atoms with E-state index in [9.17, 15) is 14.4 Å². The van der Waals surface area contributed by atoms with E-state index in [-0.39, 0.29) is 12.5 Å². The number of pyridine rings is 1. The molecule has 0 aliphatic rings. The molecule has 0 saturated carbocycles. The third-order valence-electron chi connectivity index (χ3n) is 5.58. The van der Waals surface area contributed by atoms with Crippen LogP contribution in [-0.4, -0.2) is 63.3 Å². The predicted molar refractivity (Wildman–Crippen MR) is 161 cm³/mol. The number of nitrogens with one attached hydrogen (secondary N) is 2. The average Bonchev–Trinajstić information content (AvgIpc) is 2.97. The summed E-state index contributed by atoms with van der Waals surface area (Å²) < 4.78 is 10.8. The maximum atomic E-state index is 11.5. The second kappa shape index (κ2) is 16.0. The van der Waals surface area contributed by atoms with E-state index in [2.05, 4.69) is 25.6 Å². The fourth-order valence-corrected chi connectivity index (χ4v) is 3.59. The number of carbonyl (C=O) groups excluding carboxylic acids is 1. The van der Waals surface area contributed by atoms with Gasteiger partial charge in [0.15, 0.2) is 0 Å². The summed E-state index contributed by atoms with van der Waals surface area (Å²) in [6.07, 6.45) is 8.20. The molecule has 2 aromatic carbocycles. The highest BCUT2D eigenvalue weighted by Gasteiger charge is 2.08. The van der Waals surface area contributed by atoms with Gasteiger partial charge in [-0.3, -0.25) is 9.78 Å². The van der Waals surface area contributed by atoms with Crippen molar-refractivity contribution in [3.63, 3.8) is 0 Å². The molecule has 12 heteroatoms. The van der Waals surface area contributed by atoms with Gasteiger partial charge in [0.1, 0.15) is 30.3 Å². The second-order valence-corrected chi connectivity index (χ2v) is 8.99. The first-order valence-corrected chi connectivity index (χ1v) is 12.9. The standard InChI is InChI=1S/C27H27N5O3.C4H4O4/c1-18-13-21(8-11-25(18)35-22-9-6-19(2)29-15-22)32-27-23-14-20(7-10-24(23)30-17-31-27)5-4-12-28-26(33)16-34-3;5-3(6)1-2-4(7)8/h4-11,13-15,17H,12,16H2,1-3H3,(H,28,33)(H,30,31,32);1-2H,(H,5,6)(H,7,8)/b5-4+;2-1-. The summed E-state index contributed by atoms with van der Waals surface area (Å²) in [5, 5.41) is 22.7. The van der Waals surface area contributed by atoms with E-state index in [1.807, 2.05) is 74.5 Å². The van der Waals surface area contributed by atoms with Crippen LogP contribution in [0.5, 0.6) is 11.5 Å². The SMILES string of the molecule is COCC(=O)NC/C=C/c1ccc2ncnc(Nc3ccc(Oc4ccc(C)nc4)c(C)c3)c2c1.O=C(O)/C=C\C(=O)O. The first kappa shape index (κ1) is 31.9. The largest absolute Gasteiger partial charge is 0.478 e. The Hall–Kier alpha value is -5.62. The number of ether oxygens (including phenoxy) is 2. The van der Waals surface area contributed by atoms with Gasteiger partial charge in [-0.15, -0.1) is 0 Å². The van der Waals surface area contributed by atoms with E-state index in [0.29, 0.717) is 30.3 Å². The van der Waals surface area contributed by atoms with Crippen LogP contribution >= 0.6 is 0 Å². The van der Waals surface area contributed by atoms with Gasteiger partial charge in [0.25, 0.3) is 0 Å². The van der Waals surface area contributed by atoms with Gasteiger partial charge < -0.3 is 30.3 Å². The highest BCUT2D eigenvalue weighted by atomic mass is 16.5. The number of rotatable bonds is 11. The van der Waals surface area contributed by atoms with E-state index in [4.69, 9.17) is 19.7 Å². The molecule has 4 rings (SSSR count). The Bertz CT molecular complexity index is 1620. The van der Waals surface area contributed by atoms with Crippen molar-refractivity contribution in [2.45, 2.75) is 13.8 Å². The van der Waals surface area contributed by atoms with E-state index >= 15 is 0 Å². The fraction of sp³-hybridized carbons (Fsp3) is 0.161. The zero-order chi connectivity index (χ0) is 31.2. The number of methoxy groups -OCH3 is 1. The Labute approximate surface area is 247 Å². The maximum Gasteiger partial charge on any atom is 0.328 e. The molecular weight excluding hydrogens is 554 g/mol. The summed E-state index contributed by atoms with van der Waals surface area (Å²) in [7, 11) is 1.49. The number of aliphatic carboxylic acids is 2. The molecule has 2 aromatic heterocycles. The Balaban J connectivity index is 0.000000557. The normalized spacial score (nSPS) is 10.8. The molecule has 0 radical (unpaired) electrons. The Morgan fingerprint density at radius 2 is 1.70 bits per heavy atom. The van der Waals surface area contributed by atoms with Crippen LogP contribution in [0, 0.1) is 13.8 Å². The molecule has 4 aromatic rings. The minimum Gasteiger partial charge on any atom is -0.478 e. The van der Waals surface area contributed by atoms with Crippen LogP contribution < -0.4 is 15.4 Å². The second-order valence-electron chi connectivity index (χ2n) is 8.99. The van der Waals surface area contributed by atoms with Crippen LogP contribution in [0.15, 0.2) is 79.3 Å². The predicted octanol–water partition coefficient (Wildman–Crippen LogP) is 4.67. The van der Waals surface area contributed by atoms with Gasteiger partial charge in [-0.2, -0.15) is 0 Å². The van der Waals surface area contributed by atoms with Crippen molar-refractivity contribution in [2.75, 3.05) is 25.6 Å². The third-order valence-corrected chi connectivity index (χ3v) is 5.58. The Morgan fingerprint density at radius 1 is 0.930 bits per heavy atom. The fourth-order valence-electron chi connectivity index (χ4n) is 3.59. The molecule has 0 bridgehead atoms. The van der Waals surface area contributed by atoms with Crippen molar-refractivity contribution < 1.29 is 34.1 Å². The zero-order valence-electron chi connectivity index (χ0n) is 23.8. The number of aromatic nitrogens is 3. The van der Waals surface area contributed by atoms with Gasteiger partial charge in [-0.05, 0) is 67.4 Å². The Morgan fingerprint density at radius 3 is 2.35 bits per heavy atom. The summed E-state index contributed by atoms with van der Waals surface area (Å²) in [5.74, 6) is -0.508. The summed E-state index contributed by atoms with van der Waals surface area (Å²) in [5.41, 5.74) is 4.62. The van der Waals surface area contributed by atoms with Crippen molar-refractivity contribution >= 4 is 46.3 Å². The Kier molecular flexibility index (Phi) is 11.9. The number of carbonyl (C=O) groups is 3. The van der Waals surface area contributed by atoms with Crippen molar-refractivity contribution in [1.82, 2.24) is 20.3 Å². The zero-order valence-corrected chi connectivity index (χ0v) is 23.8. The minimum absolute atomic E-state index is 0.0475. The van der Waals surface area contributed by atoms with Crippen LogP contribution in [0.2, 0.25) is 0 Å². The number of nitrogens with zero attached hydrogens (tertiary/aromatic N) is 3. The van der Waals surface area contributed by atoms with Crippen LogP contribution in [-0.2, 0) is 19.1 Å². The lowest BCUT2D eigenvalue weighted by molar-refractivity contribution is -0.134. The monoisotopic (exact) mass is 585 g/mol. The number of carboxylic acid groups (broad SMARTS) is 2. The van der Waals surface area contributed by atoms with Gasteiger partial charge in [0.2, 0.25) is 5.91 Å². The molecule has 0 spiro atoms. The van der Waals surface area contributed by atoms with Gasteiger partial charge >= 0.3 is 11.9 Å². The molecular formula is C31H31N5O7. The van der Waals surface area contributed by atoms with Crippen LogP contribution in [0.1, 0.15) is 16.8 Å². The van der Waals surface area contributed by atoms with Crippen molar-refractivity contribution in [3.8, 4) is 11.5 Å². The summed E-state index contributed by atoms with van der Waals surface area (Å²) in [6.45, 7) is 4.40. The molecule has 2 heterocycles. The molecule has 222 valence electrons. The summed E-state index contributed by atoms with van der Waals surface area (Å²) in [6, 6.07) is 15.6. The van der Waals surface area contributed by atoms with Crippen LogP contribution in [0.3, 0.4) is 0 Å². The van der Waals surface area contributed by atoms with E-state index in [1.54, 1.807) is 12.5 Å². The van der Waals surface area contributed by atoms with Crippen molar-refractivity contribution in [1.29, 1.82) is 0 Å². The quantitative estimate of drug-likeness (QED) is 0.180. The number of amides is 1. The molecule has 12 nitrogen and oxygen atoms in total. The number of hydrogen-bond donors (Lipinski definition) is 4. The van der Waals surface area contributed by atoms with Crippen molar-refractivity contribution in [2.24, 2.45) is 0 Å². The molecule has 0 saturated heterocycles. The lowest BCUT2D eigenvalue weighted by Crippen LogP contribution is -2.26. The van der Waals surface area contributed by atoms with Gasteiger partial charge in [-0.25, -0.2) is 19.6 Å². The van der Waals surface area contributed by atoms with E-state index < -0.39 is 11.9 Å². The minimum atomic E-state index is -1.26. The smallest absolute Gasteiger partial charge is 0.328 e. The highest BCUT2D eigenvalue weighted by Crippen LogP contribution is 2.30. The van der Waals surface area contributed by atoms with Gasteiger partial charge in [-0.1, -0.05) is 18.2 Å². The molecule has 0 aliphatic carbocycles. The van der Waals surface area contributed by atoms with E-state index in [1.165, 1.54) is 7.11 Å². The van der Waals surface area contributed by atoms with Crippen LogP contribution in [0.4, 0.5) is 11.5 Å². The van der Waals surface area contributed by atoms with Gasteiger partial charge in [0, 0.05) is 42.6 Å². The lowest BCUT2D eigenvalue weighted by atomic mass is 10.1. The summed E-state index contributed by atoms with van der Waals surface area (Å²) >= 11 is 0. The van der Waals surface area contributed by atoms with Crippen LogP contribution in [0.25, 0.3) is 17.0 Å². The molecule has 0 atom stereocenters. The number of fused-ring (bicyclic) bond motifs is 1. The number of aryl methyl sites for hydroxylation is 2. The molecule has 4 N–H and O–H groups in total. The topological polar surface area (TPSA) is 173 Å². The first-order valence-electron chi connectivity index (χ1n) is 12.9.